The first-order chi connectivity index (χ1) is 28.5. The van der Waals surface area contributed by atoms with Gasteiger partial charge < -0.3 is 20.1 Å². The first kappa shape index (κ1) is 46.4. The van der Waals surface area contributed by atoms with Gasteiger partial charge in [-0.1, -0.05) is 197 Å². The monoisotopic (exact) mass is 791 g/mol. The first-order valence-electron chi connectivity index (χ1n) is 23.0. The Balaban J connectivity index is 1.24. The van der Waals surface area contributed by atoms with E-state index < -0.39 is 0 Å². The van der Waals surface area contributed by atoms with Gasteiger partial charge in [0.15, 0.2) is 0 Å². The highest BCUT2D eigenvalue weighted by Gasteiger charge is 2.17. The van der Waals surface area contributed by atoms with E-state index >= 15 is 0 Å². The van der Waals surface area contributed by atoms with Gasteiger partial charge in [-0.3, -0.25) is 9.59 Å². The van der Waals surface area contributed by atoms with E-state index in [2.05, 4.69) is 31.1 Å². The molecule has 4 aromatic rings. The zero-order valence-electron chi connectivity index (χ0n) is 36.2. The minimum Gasteiger partial charge on any atom is -0.488 e. The number of hydrogen-bond donors (Lipinski definition) is 2. The molecule has 0 spiro atoms. The molecule has 0 fully saturated rings. The van der Waals surface area contributed by atoms with Crippen molar-refractivity contribution in [3.63, 3.8) is 0 Å². The molecule has 0 aliphatic carbocycles. The lowest BCUT2D eigenvalue weighted by molar-refractivity contribution is 0.0941. The zero-order chi connectivity index (χ0) is 41.0. The fourth-order valence-electron chi connectivity index (χ4n) is 7.61. The summed E-state index contributed by atoms with van der Waals surface area (Å²) in [7, 11) is 0. The van der Waals surface area contributed by atoms with Crippen LogP contribution in [-0.2, 0) is 0 Å². The third kappa shape index (κ3) is 17.3. The number of rotatable bonds is 32. The smallest absolute Gasteiger partial charge is 0.255 e. The predicted molar refractivity (Wildman–Crippen MR) is 246 cm³/mol. The Hall–Kier alpha value is -4.32. The molecule has 0 aliphatic heterocycles. The average molecular weight is 791 g/mol. The SMILES string of the molecule is C=C(COc1cc2ccccc2cc1C(=O)NCCCCCCCCCCCCC)COc1cc2ccccc2cc1C(=O)NCCCCCCCCCCCCC. The molecular formula is C52H74N2O4. The van der Waals surface area contributed by atoms with Gasteiger partial charge in [-0.25, -0.2) is 0 Å². The fourth-order valence-corrected chi connectivity index (χ4v) is 7.61. The van der Waals surface area contributed by atoms with E-state index in [4.69, 9.17) is 9.47 Å². The molecule has 0 aromatic heterocycles. The second-order valence-corrected chi connectivity index (χ2v) is 16.3. The number of unbranched alkanes of at least 4 members (excludes halogenated alkanes) is 20. The van der Waals surface area contributed by atoms with Crippen molar-refractivity contribution in [1.82, 2.24) is 10.6 Å². The molecular weight excluding hydrogens is 717 g/mol. The molecule has 316 valence electrons. The molecule has 58 heavy (non-hydrogen) atoms. The molecule has 6 heteroatoms. The van der Waals surface area contributed by atoms with Crippen LogP contribution in [0, 0.1) is 0 Å². The molecule has 0 aliphatic rings. The number of carbonyl (C=O) groups excluding carboxylic acids is 2. The lowest BCUT2D eigenvalue weighted by Gasteiger charge is -2.16. The normalized spacial score (nSPS) is 11.2. The van der Waals surface area contributed by atoms with Crippen LogP contribution >= 0.6 is 0 Å². The van der Waals surface area contributed by atoms with Crippen LogP contribution in [0.1, 0.15) is 176 Å². The van der Waals surface area contributed by atoms with Crippen LogP contribution in [0.3, 0.4) is 0 Å². The molecule has 0 atom stereocenters. The van der Waals surface area contributed by atoms with Gasteiger partial charge >= 0.3 is 0 Å². The van der Waals surface area contributed by atoms with Crippen LogP contribution in [0.25, 0.3) is 21.5 Å². The van der Waals surface area contributed by atoms with Gasteiger partial charge in [0, 0.05) is 13.1 Å². The van der Waals surface area contributed by atoms with Crippen LogP contribution in [0.4, 0.5) is 0 Å². The number of fused-ring (bicyclic) bond motifs is 2. The zero-order valence-corrected chi connectivity index (χ0v) is 36.2. The Morgan fingerprint density at radius 2 is 0.741 bits per heavy atom. The number of ether oxygens (including phenoxy) is 2. The van der Waals surface area contributed by atoms with Crippen molar-refractivity contribution < 1.29 is 19.1 Å². The minimum atomic E-state index is -0.130. The van der Waals surface area contributed by atoms with Crippen molar-refractivity contribution in [2.75, 3.05) is 26.3 Å². The van der Waals surface area contributed by atoms with Crippen molar-refractivity contribution >= 4 is 33.4 Å². The van der Waals surface area contributed by atoms with E-state index in [1.165, 1.54) is 116 Å². The largest absolute Gasteiger partial charge is 0.488 e. The van der Waals surface area contributed by atoms with Gasteiger partial charge in [-0.05, 0) is 64.2 Å². The Labute approximate surface area is 350 Å². The number of carbonyl (C=O) groups is 2. The Kier molecular flexibility index (Phi) is 22.5. The van der Waals surface area contributed by atoms with E-state index in [-0.39, 0.29) is 25.0 Å². The van der Waals surface area contributed by atoms with Gasteiger partial charge in [0.2, 0.25) is 0 Å². The number of nitrogens with one attached hydrogen (secondary N) is 2. The predicted octanol–water partition coefficient (Wildman–Crippen LogP) is 14.1. The van der Waals surface area contributed by atoms with E-state index in [1.54, 1.807) is 0 Å². The summed E-state index contributed by atoms with van der Waals surface area (Å²) in [6.45, 7) is 10.4. The maximum Gasteiger partial charge on any atom is 0.255 e. The molecule has 2 amide bonds. The molecule has 0 bridgehead atoms. The van der Waals surface area contributed by atoms with E-state index in [1.807, 2.05) is 72.8 Å². The molecule has 4 aromatic carbocycles. The highest BCUT2D eigenvalue weighted by atomic mass is 16.5. The number of amides is 2. The van der Waals surface area contributed by atoms with Gasteiger partial charge in [0.1, 0.15) is 24.7 Å². The third-order valence-corrected chi connectivity index (χ3v) is 11.2. The summed E-state index contributed by atoms with van der Waals surface area (Å²) in [4.78, 5) is 27.0. The fraction of sp³-hybridized carbons (Fsp3) is 0.538. The van der Waals surface area contributed by atoms with Crippen LogP contribution in [-0.4, -0.2) is 38.1 Å². The number of benzene rings is 4. The van der Waals surface area contributed by atoms with Crippen molar-refractivity contribution in [2.45, 2.75) is 155 Å². The lowest BCUT2D eigenvalue weighted by atomic mass is 10.0. The third-order valence-electron chi connectivity index (χ3n) is 11.2. The molecule has 0 radical (unpaired) electrons. The topological polar surface area (TPSA) is 76.7 Å². The van der Waals surface area contributed by atoms with Crippen molar-refractivity contribution in [1.29, 1.82) is 0 Å². The first-order valence-corrected chi connectivity index (χ1v) is 23.0. The highest BCUT2D eigenvalue weighted by Crippen LogP contribution is 2.29. The molecule has 2 N–H and O–H groups in total. The Morgan fingerprint density at radius 1 is 0.448 bits per heavy atom. The molecule has 6 nitrogen and oxygen atoms in total. The minimum absolute atomic E-state index is 0.130. The van der Waals surface area contributed by atoms with E-state index in [0.717, 1.165) is 47.2 Å². The van der Waals surface area contributed by atoms with Gasteiger partial charge in [-0.15, -0.1) is 0 Å². The van der Waals surface area contributed by atoms with Crippen molar-refractivity contribution in [2.24, 2.45) is 0 Å². The van der Waals surface area contributed by atoms with Crippen molar-refractivity contribution in [3.05, 3.63) is 96.1 Å². The summed E-state index contributed by atoms with van der Waals surface area (Å²) in [5.74, 6) is 0.776. The van der Waals surface area contributed by atoms with E-state index in [9.17, 15) is 9.59 Å². The van der Waals surface area contributed by atoms with E-state index in [0.29, 0.717) is 41.3 Å². The van der Waals surface area contributed by atoms with Crippen molar-refractivity contribution in [3.8, 4) is 11.5 Å². The van der Waals surface area contributed by atoms with Crippen LogP contribution in [0.5, 0.6) is 11.5 Å². The lowest BCUT2D eigenvalue weighted by Crippen LogP contribution is -2.25. The summed E-state index contributed by atoms with van der Waals surface area (Å²) in [5, 5.41) is 10.2. The van der Waals surface area contributed by atoms with Gasteiger partial charge in [-0.2, -0.15) is 0 Å². The Morgan fingerprint density at radius 3 is 1.07 bits per heavy atom. The van der Waals surface area contributed by atoms with Gasteiger partial charge in [0.25, 0.3) is 11.8 Å². The average Bonchev–Trinajstić information content (AvgIpc) is 3.24. The molecule has 0 unspecified atom stereocenters. The summed E-state index contributed by atoms with van der Waals surface area (Å²) in [6, 6.07) is 23.7. The highest BCUT2D eigenvalue weighted by molar-refractivity contribution is 6.02. The number of hydrogen-bond acceptors (Lipinski definition) is 4. The van der Waals surface area contributed by atoms with Crippen LogP contribution in [0.2, 0.25) is 0 Å². The Bertz CT molecular complexity index is 1670. The summed E-state index contributed by atoms with van der Waals surface area (Å²) < 4.78 is 12.6. The summed E-state index contributed by atoms with van der Waals surface area (Å²) in [5.41, 5.74) is 1.73. The molecule has 4 rings (SSSR count). The standard InChI is InChI=1S/C52H74N2O4/c1-4-6-8-10-12-14-16-18-20-22-28-34-53-51(55)47-36-43-30-24-26-32-45(43)38-49(47)57-40-42(3)41-58-50-39-46-33-27-25-31-44(46)37-48(50)52(56)54-35-29-23-21-19-17-15-13-11-9-7-5-2/h24-27,30-33,36-39H,3-23,28-29,34-35,40-41H2,1-2H3,(H,53,55)(H,54,56). The second-order valence-electron chi connectivity index (χ2n) is 16.3. The maximum absolute atomic E-state index is 13.5. The molecule has 0 saturated carbocycles. The van der Waals surface area contributed by atoms with Crippen LogP contribution in [0.15, 0.2) is 84.9 Å². The maximum atomic E-state index is 13.5. The van der Waals surface area contributed by atoms with Crippen LogP contribution < -0.4 is 20.1 Å². The summed E-state index contributed by atoms with van der Waals surface area (Å²) >= 11 is 0. The quantitative estimate of drug-likeness (QED) is 0.0381. The molecule has 0 saturated heterocycles. The second kappa shape index (κ2) is 28.2. The summed E-state index contributed by atoms with van der Waals surface area (Å²) in [6.07, 6.45) is 28.0. The van der Waals surface area contributed by atoms with Gasteiger partial charge in [0.05, 0.1) is 11.1 Å². The molecule has 0 heterocycles.